The Balaban J connectivity index is 1.72. The van der Waals surface area contributed by atoms with Crippen molar-refractivity contribution in [3.63, 3.8) is 0 Å². The van der Waals surface area contributed by atoms with E-state index in [0.717, 1.165) is 11.1 Å². The molecule has 0 fully saturated rings. The number of benzene rings is 2. The number of hydrogen-bond acceptors (Lipinski definition) is 2. The van der Waals surface area contributed by atoms with Gasteiger partial charge in [-0.3, -0.25) is 9.79 Å². The maximum Gasteiger partial charge on any atom is 0.239 e. The zero-order valence-electron chi connectivity index (χ0n) is 13.6. The summed E-state index contributed by atoms with van der Waals surface area (Å²) in [4.78, 5) is 16.0. The molecule has 2 aromatic carbocycles. The molecular formula is C18H21ClN4O. The van der Waals surface area contributed by atoms with E-state index in [1.165, 1.54) is 0 Å². The molecule has 0 aromatic heterocycles. The molecule has 0 saturated heterocycles. The monoisotopic (exact) mass is 344 g/mol. The summed E-state index contributed by atoms with van der Waals surface area (Å²) in [7, 11) is 1.66. The Hall–Kier alpha value is -2.53. The predicted octanol–water partition coefficient (Wildman–Crippen LogP) is 2.32. The van der Waals surface area contributed by atoms with Crippen LogP contribution in [0.15, 0.2) is 59.6 Å². The van der Waals surface area contributed by atoms with Gasteiger partial charge in [0.05, 0.1) is 6.54 Å². The van der Waals surface area contributed by atoms with E-state index in [-0.39, 0.29) is 12.5 Å². The number of guanidine groups is 1. The van der Waals surface area contributed by atoms with Crippen LogP contribution >= 0.6 is 11.6 Å². The fraction of sp³-hybridized carbons (Fsp3) is 0.222. The Morgan fingerprint density at radius 2 is 1.67 bits per heavy atom. The first-order valence-electron chi connectivity index (χ1n) is 7.67. The molecule has 5 nitrogen and oxygen atoms in total. The van der Waals surface area contributed by atoms with Crippen LogP contribution in [0.5, 0.6) is 0 Å². The van der Waals surface area contributed by atoms with Crippen molar-refractivity contribution in [1.29, 1.82) is 0 Å². The van der Waals surface area contributed by atoms with Gasteiger partial charge >= 0.3 is 0 Å². The summed E-state index contributed by atoms with van der Waals surface area (Å²) in [6.07, 6.45) is 0. The molecule has 0 bridgehead atoms. The molecule has 6 heteroatoms. The molecule has 126 valence electrons. The quantitative estimate of drug-likeness (QED) is 0.556. The number of halogens is 1. The van der Waals surface area contributed by atoms with Gasteiger partial charge in [0.15, 0.2) is 5.96 Å². The van der Waals surface area contributed by atoms with Gasteiger partial charge in [0, 0.05) is 25.2 Å². The Bertz CT molecular complexity index is 688. The first kappa shape index (κ1) is 17.8. The fourth-order valence-electron chi connectivity index (χ4n) is 2.08. The second kappa shape index (κ2) is 9.57. The summed E-state index contributed by atoms with van der Waals surface area (Å²) in [6.45, 7) is 1.24. The molecule has 3 N–H and O–H groups in total. The third-order valence-corrected chi connectivity index (χ3v) is 3.56. The van der Waals surface area contributed by atoms with Gasteiger partial charge in [0.25, 0.3) is 0 Å². The smallest absolute Gasteiger partial charge is 0.239 e. The Morgan fingerprint density at radius 3 is 2.38 bits per heavy atom. The van der Waals surface area contributed by atoms with Gasteiger partial charge < -0.3 is 16.0 Å². The molecule has 0 atom stereocenters. The lowest BCUT2D eigenvalue weighted by atomic mass is 10.2. The summed E-state index contributed by atoms with van der Waals surface area (Å²) >= 11 is 5.96. The van der Waals surface area contributed by atoms with E-state index in [2.05, 4.69) is 20.9 Å². The molecule has 0 saturated carbocycles. The van der Waals surface area contributed by atoms with Crippen molar-refractivity contribution in [3.8, 4) is 0 Å². The van der Waals surface area contributed by atoms with Gasteiger partial charge in [-0.2, -0.15) is 0 Å². The zero-order chi connectivity index (χ0) is 17.2. The number of rotatable bonds is 6. The molecule has 0 unspecified atom stereocenters. The van der Waals surface area contributed by atoms with E-state index in [9.17, 15) is 4.79 Å². The predicted molar refractivity (Wildman–Crippen MR) is 97.9 cm³/mol. The normalized spacial score (nSPS) is 11.0. The van der Waals surface area contributed by atoms with Gasteiger partial charge in [0.1, 0.15) is 0 Å². The number of nitrogens with one attached hydrogen (secondary N) is 3. The third kappa shape index (κ3) is 6.30. The Labute approximate surface area is 147 Å². The van der Waals surface area contributed by atoms with Crippen molar-refractivity contribution in [3.05, 3.63) is 70.7 Å². The van der Waals surface area contributed by atoms with Crippen LogP contribution in [0.1, 0.15) is 11.1 Å². The van der Waals surface area contributed by atoms with Crippen LogP contribution in [0.4, 0.5) is 0 Å². The molecule has 0 spiro atoms. The lowest BCUT2D eigenvalue weighted by Crippen LogP contribution is -2.42. The number of carbonyl (C=O) groups excluding carboxylic acids is 1. The van der Waals surface area contributed by atoms with Crippen LogP contribution in [0.25, 0.3) is 0 Å². The number of nitrogens with zero attached hydrogens (tertiary/aromatic N) is 1. The van der Waals surface area contributed by atoms with Gasteiger partial charge in [-0.25, -0.2) is 0 Å². The molecule has 0 aliphatic carbocycles. The van der Waals surface area contributed by atoms with Crippen LogP contribution in [-0.2, 0) is 17.9 Å². The minimum absolute atomic E-state index is 0.0930. The summed E-state index contributed by atoms with van der Waals surface area (Å²) < 4.78 is 0. The van der Waals surface area contributed by atoms with E-state index in [4.69, 9.17) is 11.6 Å². The standard InChI is InChI=1S/C18H21ClN4O/c1-20-18(22-12-15-8-5-9-16(19)10-15)23-13-17(24)21-11-14-6-3-2-4-7-14/h2-10H,11-13H2,1H3,(H,21,24)(H2,20,22,23). The molecule has 2 rings (SSSR count). The highest BCUT2D eigenvalue weighted by atomic mass is 35.5. The van der Waals surface area contributed by atoms with Gasteiger partial charge in [-0.05, 0) is 23.3 Å². The third-order valence-electron chi connectivity index (χ3n) is 3.32. The fourth-order valence-corrected chi connectivity index (χ4v) is 2.29. The van der Waals surface area contributed by atoms with Crippen LogP contribution in [0.2, 0.25) is 5.02 Å². The van der Waals surface area contributed by atoms with Crippen molar-refractivity contribution in [2.24, 2.45) is 4.99 Å². The van der Waals surface area contributed by atoms with Crippen LogP contribution < -0.4 is 16.0 Å². The second-order valence-corrected chi connectivity index (χ2v) is 5.61. The van der Waals surface area contributed by atoms with Crippen molar-refractivity contribution in [2.75, 3.05) is 13.6 Å². The summed E-state index contributed by atoms with van der Waals surface area (Å²) in [5.41, 5.74) is 2.10. The molecule has 1 amide bonds. The van der Waals surface area contributed by atoms with Gasteiger partial charge in [-0.1, -0.05) is 54.1 Å². The summed E-state index contributed by atoms with van der Waals surface area (Å²) in [5.74, 6) is 0.467. The summed E-state index contributed by atoms with van der Waals surface area (Å²) in [5, 5.41) is 9.68. The molecule has 0 heterocycles. The van der Waals surface area contributed by atoms with E-state index >= 15 is 0 Å². The number of hydrogen-bond donors (Lipinski definition) is 3. The number of aliphatic imine (C=N–C) groups is 1. The minimum atomic E-state index is -0.0930. The van der Waals surface area contributed by atoms with Crippen molar-refractivity contribution < 1.29 is 4.79 Å². The van der Waals surface area contributed by atoms with Crippen molar-refractivity contribution in [1.82, 2.24) is 16.0 Å². The lowest BCUT2D eigenvalue weighted by Gasteiger charge is -2.12. The van der Waals surface area contributed by atoms with E-state index in [1.54, 1.807) is 7.05 Å². The highest BCUT2D eigenvalue weighted by Gasteiger charge is 2.04. The number of amides is 1. The van der Waals surface area contributed by atoms with Crippen molar-refractivity contribution >= 4 is 23.5 Å². The highest BCUT2D eigenvalue weighted by molar-refractivity contribution is 6.30. The van der Waals surface area contributed by atoms with Crippen LogP contribution in [0, 0.1) is 0 Å². The van der Waals surface area contributed by atoms with Gasteiger partial charge in [0.2, 0.25) is 5.91 Å². The molecule has 0 aliphatic heterocycles. The zero-order valence-corrected chi connectivity index (χ0v) is 14.3. The first-order valence-corrected chi connectivity index (χ1v) is 8.05. The molecular weight excluding hydrogens is 324 g/mol. The average Bonchev–Trinajstić information content (AvgIpc) is 2.61. The highest BCUT2D eigenvalue weighted by Crippen LogP contribution is 2.10. The molecule has 24 heavy (non-hydrogen) atoms. The SMILES string of the molecule is CN=C(NCC(=O)NCc1ccccc1)NCc1cccc(Cl)c1. The maximum atomic E-state index is 11.9. The summed E-state index contributed by atoms with van der Waals surface area (Å²) in [6, 6.07) is 17.4. The average molecular weight is 345 g/mol. The molecule has 0 aliphatic rings. The molecule has 0 radical (unpaired) electrons. The lowest BCUT2D eigenvalue weighted by molar-refractivity contribution is -0.120. The van der Waals surface area contributed by atoms with Gasteiger partial charge in [-0.15, -0.1) is 0 Å². The minimum Gasteiger partial charge on any atom is -0.352 e. The van der Waals surface area contributed by atoms with E-state index < -0.39 is 0 Å². The number of carbonyl (C=O) groups is 1. The topological polar surface area (TPSA) is 65.5 Å². The maximum absolute atomic E-state index is 11.9. The van der Waals surface area contributed by atoms with Crippen LogP contribution in [-0.4, -0.2) is 25.5 Å². The molecule has 2 aromatic rings. The largest absolute Gasteiger partial charge is 0.352 e. The Morgan fingerprint density at radius 1 is 0.958 bits per heavy atom. The Kier molecular flexibility index (Phi) is 7.11. The second-order valence-electron chi connectivity index (χ2n) is 5.17. The van der Waals surface area contributed by atoms with E-state index in [1.807, 2.05) is 54.6 Å². The first-order chi connectivity index (χ1) is 11.7. The van der Waals surface area contributed by atoms with Crippen molar-refractivity contribution in [2.45, 2.75) is 13.1 Å². The van der Waals surface area contributed by atoms with E-state index in [0.29, 0.717) is 24.1 Å². The van der Waals surface area contributed by atoms with Crippen LogP contribution in [0.3, 0.4) is 0 Å².